The first kappa shape index (κ1) is 13.1. The molecule has 0 saturated heterocycles. The van der Waals surface area contributed by atoms with E-state index in [1.54, 1.807) is 11.9 Å². The molecule has 1 aromatic heterocycles. The van der Waals surface area contributed by atoms with Crippen molar-refractivity contribution in [2.75, 3.05) is 24.2 Å². The fraction of sp³-hybridized carbons (Fsp3) is 0.455. The lowest BCUT2D eigenvalue weighted by molar-refractivity contribution is -0.384. The lowest BCUT2D eigenvalue weighted by atomic mass is 10.3. The van der Waals surface area contributed by atoms with Gasteiger partial charge in [-0.15, -0.1) is 0 Å². The van der Waals surface area contributed by atoms with Gasteiger partial charge in [0.15, 0.2) is 0 Å². The van der Waals surface area contributed by atoms with Crippen molar-refractivity contribution in [3.8, 4) is 0 Å². The maximum absolute atomic E-state index is 11.6. The molecule has 8 heteroatoms. The van der Waals surface area contributed by atoms with Crippen LogP contribution < -0.4 is 16.0 Å². The first-order chi connectivity index (χ1) is 8.97. The zero-order valence-corrected chi connectivity index (χ0v) is 10.5. The van der Waals surface area contributed by atoms with Crippen LogP contribution in [0.3, 0.4) is 0 Å². The van der Waals surface area contributed by atoms with Crippen LogP contribution in [0.25, 0.3) is 0 Å². The number of likely N-dealkylation sites (N-methyl/N-ethyl adjacent to an activating group) is 1. The number of nitrogen functional groups attached to an aromatic ring is 1. The number of nitrogens with one attached hydrogen (secondary N) is 1. The summed E-state index contributed by atoms with van der Waals surface area (Å²) < 4.78 is 0. The third-order valence-corrected chi connectivity index (χ3v) is 2.80. The fourth-order valence-electron chi connectivity index (χ4n) is 1.62. The molecule has 1 heterocycles. The Morgan fingerprint density at radius 1 is 1.63 bits per heavy atom. The van der Waals surface area contributed by atoms with Crippen LogP contribution in [-0.2, 0) is 4.79 Å². The van der Waals surface area contributed by atoms with Crippen molar-refractivity contribution < 1.29 is 9.72 Å². The van der Waals surface area contributed by atoms with E-state index in [9.17, 15) is 14.9 Å². The van der Waals surface area contributed by atoms with Crippen molar-refractivity contribution in [1.29, 1.82) is 0 Å². The summed E-state index contributed by atoms with van der Waals surface area (Å²) in [5.41, 5.74) is 5.27. The number of nitro groups is 1. The second kappa shape index (κ2) is 5.09. The zero-order valence-electron chi connectivity index (χ0n) is 10.5. The van der Waals surface area contributed by atoms with Crippen LogP contribution in [-0.4, -0.2) is 35.4 Å². The first-order valence-corrected chi connectivity index (χ1v) is 5.89. The molecule has 1 amide bonds. The Hall–Kier alpha value is -2.38. The number of nitrogens with two attached hydrogens (primary N) is 1. The molecule has 0 atom stereocenters. The van der Waals surface area contributed by atoms with Crippen molar-refractivity contribution >= 4 is 23.2 Å². The molecule has 3 N–H and O–H groups in total. The van der Waals surface area contributed by atoms with E-state index < -0.39 is 4.92 Å². The minimum atomic E-state index is -0.591. The summed E-state index contributed by atoms with van der Waals surface area (Å²) in [6.07, 6.45) is 2.05. The summed E-state index contributed by atoms with van der Waals surface area (Å²) in [5, 5.41) is 13.5. The Morgan fingerprint density at radius 3 is 2.84 bits per heavy atom. The Morgan fingerprint density at radius 2 is 2.32 bits per heavy atom. The molecular formula is C11H15N5O3. The molecule has 102 valence electrons. The van der Waals surface area contributed by atoms with Gasteiger partial charge in [-0.3, -0.25) is 14.9 Å². The number of rotatable bonds is 5. The number of pyridine rings is 1. The van der Waals surface area contributed by atoms with Crippen LogP contribution in [0.1, 0.15) is 12.8 Å². The van der Waals surface area contributed by atoms with Gasteiger partial charge in [-0.1, -0.05) is 0 Å². The number of carbonyl (C=O) groups excluding carboxylic acids is 1. The maximum Gasteiger partial charge on any atom is 0.311 e. The van der Waals surface area contributed by atoms with Gasteiger partial charge in [-0.25, -0.2) is 4.98 Å². The van der Waals surface area contributed by atoms with E-state index in [4.69, 9.17) is 5.73 Å². The fourth-order valence-corrected chi connectivity index (χ4v) is 1.62. The lowest BCUT2D eigenvalue weighted by Crippen LogP contribution is -2.36. The molecule has 19 heavy (non-hydrogen) atoms. The molecule has 0 bridgehead atoms. The predicted molar refractivity (Wildman–Crippen MR) is 69.7 cm³/mol. The molecule has 1 fully saturated rings. The number of hydrogen-bond acceptors (Lipinski definition) is 6. The lowest BCUT2D eigenvalue weighted by Gasteiger charge is -2.17. The van der Waals surface area contributed by atoms with E-state index in [0.29, 0.717) is 11.9 Å². The van der Waals surface area contributed by atoms with Crippen molar-refractivity contribution in [2.24, 2.45) is 0 Å². The molecule has 1 aliphatic carbocycles. The molecule has 0 spiro atoms. The Kier molecular flexibility index (Phi) is 3.50. The smallest absolute Gasteiger partial charge is 0.311 e. The summed E-state index contributed by atoms with van der Waals surface area (Å²) in [6, 6.07) is 3.06. The molecule has 0 radical (unpaired) electrons. The largest absolute Gasteiger partial charge is 0.378 e. The van der Waals surface area contributed by atoms with Crippen molar-refractivity contribution in [1.82, 2.24) is 10.3 Å². The molecule has 8 nitrogen and oxygen atoms in total. The number of amides is 1. The number of carbonyl (C=O) groups is 1. The summed E-state index contributed by atoms with van der Waals surface area (Å²) >= 11 is 0. The summed E-state index contributed by atoms with van der Waals surface area (Å²) in [4.78, 5) is 27.2. The van der Waals surface area contributed by atoms with Crippen LogP contribution in [0.5, 0.6) is 0 Å². The van der Waals surface area contributed by atoms with E-state index in [1.807, 2.05) is 0 Å². The summed E-state index contributed by atoms with van der Waals surface area (Å²) in [6.45, 7) is 0.140. The molecule has 0 aromatic carbocycles. The molecule has 1 saturated carbocycles. The molecular weight excluding hydrogens is 250 g/mol. The van der Waals surface area contributed by atoms with E-state index in [1.165, 1.54) is 12.1 Å². The standard InChI is InChI=1S/C11H15N5O3/c1-15(6-10(17)13-7-2-3-7)9-5-4-8(16(18)19)11(12)14-9/h4-5,7H,2-3,6H2,1H3,(H2,12,14)(H,13,17). The minimum Gasteiger partial charge on any atom is -0.378 e. The number of hydrogen-bond donors (Lipinski definition) is 2. The first-order valence-electron chi connectivity index (χ1n) is 5.89. The highest BCUT2D eigenvalue weighted by Gasteiger charge is 2.24. The molecule has 0 aliphatic heterocycles. The van der Waals surface area contributed by atoms with Crippen LogP contribution >= 0.6 is 0 Å². The Bertz CT molecular complexity index is 515. The van der Waals surface area contributed by atoms with E-state index >= 15 is 0 Å². The van der Waals surface area contributed by atoms with Gasteiger partial charge in [0.05, 0.1) is 11.5 Å². The van der Waals surface area contributed by atoms with E-state index in [0.717, 1.165) is 12.8 Å². The van der Waals surface area contributed by atoms with Gasteiger partial charge in [0, 0.05) is 19.2 Å². The Labute approximate surface area is 109 Å². The highest BCUT2D eigenvalue weighted by Crippen LogP contribution is 2.22. The van der Waals surface area contributed by atoms with Gasteiger partial charge in [0.1, 0.15) is 5.82 Å². The van der Waals surface area contributed by atoms with Crippen molar-refractivity contribution in [3.05, 3.63) is 22.2 Å². The topological polar surface area (TPSA) is 114 Å². The second-order valence-corrected chi connectivity index (χ2v) is 4.53. The third kappa shape index (κ3) is 3.30. The molecule has 0 unspecified atom stereocenters. The number of anilines is 2. The van der Waals surface area contributed by atoms with Gasteiger partial charge < -0.3 is 16.0 Å². The zero-order chi connectivity index (χ0) is 14.0. The van der Waals surface area contributed by atoms with Gasteiger partial charge in [-0.05, 0) is 18.9 Å². The third-order valence-electron chi connectivity index (χ3n) is 2.80. The number of aromatic nitrogens is 1. The van der Waals surface area contributed by atoms with Crippen molar-refractivity contribution in [3.63, 3.8) is 0 Å². The highest BCUT2D eigenvalue weighted by molar-refractivity contribution is 5.81. The van der Waals surface area contributed by atoms with Crippen LogP contribution in [0.4, 0.5) is 17.3 Å². The van der Waals surface area contributed by atoms with Crippen molar-refractivity contribution in [2.45, 2.75) is 18.9 Å². The van der Waals surface area contributed by atoms with Gasteiger partial charge >= 0.3 is 5.69 Å². The van der Waals surface area contributed by atoms with Crippen LogP contribution in [0.2, 0.25) is 0 Å². The summed E-state index contributed by atoms with van der Waals surface area (Å²) in [7, 11) is 1.68. The molecule has 1 aliphatic rings. The SMILES string of the molecule is CN(CC(=O)NC1CC1)c1ccc([N+](=O)[O-])c(N)n1. The average Bonchev–Trinajstić information content (AvgIpc) is 3.11. The quantitative estimate of drug-likeness (QED) is 0.584. The highest BCUT2D eigenvalue weighted by atomic mass is 16.6. The van der Waals surface area contributed by atoms with Gasteiger partial charge in [-0.2, -0.15) is 0 Å². The molecule has 1 aromatic rings. The van der Waals surface area contributed by atoms with Gasteiger partial charge in [0.2, 0.25) is 11.7 Å². The minimum absolute atomic E-state index is 0.0938. The van der Waals surface area contributed by atoms with E-state index in [-0.39, 0.29) is 24.0 Å². The van der Waals surface area contributed by atoms with E-state index in [2.05, 4.69) is 10.3 Å². The summed E-state index contributed by atoms with van der Waals surface area (Å²) in [5.74, 6) is 0.176. The number of nitrogens with zero attached hydrogens (tertiary/aromatic N) is 3. The Balaban J connectivity index is 2.01. The maximum atomic E-state index is 11.6. The van der Waals surface area contributed by atoms with Crippen LogP contribution in [0.15, 0.2) is 12.1 Å². The van der Waals surface area contributed by atoms with Crippen LogP contribution in [0, 0.1) is 10.1 Å². The predicted octanol–water partition coefficient (Wildman–Crippen LogP) is 0.287. The monoisotopic (exact) mass is 265 g/mol. The van der Waals surface area contributed by atoms with Gasteiger partial charge in [0.25, 0.3) is 0 Å². The second-order valence-electron chi connectivity index (χ2n) is 4.53. The molecule has 2 rings (SSSR count). The average molecular weight is 265 g/mol. The normalized spacial score (nSPS) is 13.9.